The highest BCUT2D eigenvalue weighted by Crippen LogP contribution is 2.37. The summed E-state index contributed by atoms with van der Waals surface area (Å²) < 4.78 is 56.8. The highest BCUT2D eigenvalue weighted by molar-refractivity contribution is 5.76. The van der Waals surface area contributed by atoms with E-state index in [0.717, 1.165) is 6.07 Å². The zero-order chi connectivity index (χ0) is 17.0. The van der Waals surface area contributed by atoms with Gasteiger partial charge in [-0.2, -0.15) is 22.5 Å². The molecule has 0 aliphatic carbocycles. The number of allylic oxidation sites excluding steroid dienone is 1. The Morgan fingerprint density at radius 1 is 1.27 bits per heavy atom. The second-order valence-electron chi connectivity index (χ2n) is 5.78. The zero-order valence-corrected chi connectivity index (χ0v) is 12.5. The fourth-order valence-electron chi connectivity index (χ4n) is 2.05. The van der Waals surface area contributed by atoms with Crippen LogP contribution < -0.4 is 4.74 Å². The Balaban J connectivity index is 2.94. The van der Waals surface area contributed by atoms with Crippen LogP contribution >= 0.6 is 0 Å². The first-order valence-corrected chi connectivity index (χ1v) is 6.54. The van der Waals surface area contributed by atoms with Gasteiger partial charge in [-0.05, 0) is 24.8 Å². The number of hydrogen-bond acceptors (Lipinski definition) is 3. The van der Waals surface area contributed by atoms with Gasteiger partial charge in [0, 0.05) is 12.5 Å². The maximum absolute atomic E-state index is 13.0. The van der Waals surface area contributed by atoms with Crippen molar-refractivity contribution in [3.8, 4) is 5.88 Å². The van der Waals surface area contributed by atoms with Crippen molar-refractivity contribution >= 4 is 5.78 Å². The Bertz CT molecular complexity index is 565. The summed E-state index contributed by atoms with van der Waals surface area (Å²) in [7, 11) is 0. The highest BCUT2D eigenvalue weighted by Gasteiger charge is 2.38. The van der Waals surface area contributed by atoms with Gasteiger partial charge < -0.3 is 9.53 Å². The molecule has 0 unspecified atom stereocenters. The lowest BCUT2D eigenvalue weighted by atomic mass is 9.81. The number of carbonyl (C=O) groups excluding carboxylic acids is 1. The molecule has 1 rings (SSSR count). The highest BCUT2D eigenvalue weighted by atomic mass is 19.4. The molecule has 0 radical (unpaired) electrons. The van der Waals surface area contributed by atoms with Crippen LogP contribution in [0.15, 0.2) is 30.0 Å². The first kappa shape index (κ1) is 18.1. The van der Waals surface area contributed by atoms with Crippen molar-refractivity contribution in [2.45, 2.75) is 39.8 Å². The summed E-state index contributed by atoms with van der Waals surface area (Å²) in [5.41, 5.74) is -1.81. The number of pyridine rings is 1. The summed E-state index contributed by atoms with van der Waals surface area (Å²) in [5.74, 6) is -1.32. The predicted octanol–water partition coefficient (Wildman–Crippen LogP) is 4.44. The van der Waals surface area contributed by atoms with Crippen LogP contribution in [0.2, 0.25) is 0 Å². The molecule has 0 bridgehead atoms. The Morgan fingerprint density at radius 2 is 1.91 bits per heavy atom. The Labute approximate surface area is 126 Å². The second kappa shape index (κ2) is 6.89. The van der Waals surface area contributed by atoms with Crippen LogP contribution in [0.5, 0.6) is 5.88 Å². The average molecular weight is 319 g/mol. The average Bonchev–Trinajstić information content (AvgIpc) is 2.31. The van der Waals surface area contributed by atoms with Gasteiger partial charge in [-0.25, -0.2) is 0 Å². The van der Waals surface area contributed by atoms with E-state index in [1.165, 1.54) is 19.1 Å². The summed E-state index contributed by atoms with van der Waals surface area (Å²) in [6.45, 7) is 4.45. The maximum atomic E-state index is 13.0. The van der Waals surface area contributed by atoms with Crippen LogP contribution in [0.3, 0.4) is 0 Å². The van der Waals surface area contributed by atoms with Crippen molar-refractivity contribution in [1.29, 1.82) is 0 Å². The third kappa shape index (κ3) is 6.24. The summed E-state index contributed by atoms with van der Waals surface area (Å²) >= 11 is 0. The predicted molar refractivity (Wildman–Crippen MR) is 72.7 cm³/mol. The van der Waals surface area contributed by atoms with Crippen LogP contribution in [-0.2, 0) is 4.79 Å². The summed E-state index contributed by atoms with van der Waals surface area (Å²) in [6.07, 6.45) is -4.48. The smallest absolute Gasteiger partial charge is 0.415 e. The van der Waals surface area contributed by atoms with Gasteiger partial charge in [0.15, 0.2) is 0 Å². The SMILES string of the molecule is CC(=O)CC(C)(C)CC(=COc1cccc(F)n1)C(F)(F)F. The molecular formula is C15H17F4NO2. The molecule has 0 saturated carbocycles. The molecule has 0 aliphatic rings. The number of rotatable bonds is 6. The summed E-state index contributed by atoms with van der Waals surface area (Å²) in [6, 6.07) is 3.57. The lowest BCUT2D eigenvalue weighted by molar-refractivity contribution is -0.120. The number of ether oxygens (including phenoxy) is 1. The zero-order valence-electron chi connectivity index (χ0n) is 12.5. The fourth-order valence-corrected chi connectivity index (χ4v) is 2.05. The molecule has 0 atom stereocenters. The third-order valence-corrected chi connectivity index (χ3v) is 2.77. The molecule has 0 amide bonds. The molecule has 0 saturated heterocycles. The minimum Gasteiger partial charge on any atom is -0.446 e. The van der Waals surface area contributed by atoms with Crippen molar-refractivity contribution in [2.75, 3.05) is 0 Å². The lowest BCUT2D eigenvalue weighted by Crippen LogP contribution is -2.23. The van der Waals surface area contributed by atoms with Gasteiger partial charge in [-0.15, -0.1) is 0 Å². The van der Waals surface area contributed by atoms with Crippen molar-refractivity contribution in [3.63, 3.8) is 0 Å². The van der Waals surface area contributed by atoms with E-state index in [9.17, 15) is 22.4 Å². The van der Waals surface area contributed by atoms with Crippen LogP contribution in [0.4, 0.5) is 17.6 Å². The Morgan fingerprint density at radius 3 is 2.41 bits per heavy atom. The molecule has 0 N–H and O–H groups in total. The maximum Gasteiger partial charge on any atom is 0.415 e. The van der Waals surface area contributed by atoms with E-state index >= 15 is 0 Å². The number of aromatic nitrogens is 1. The van der Waals surface area contributed by atoms with Gasteiger partial charge in [-0.3, -0.25) is 0 Å². The Hall–Kier alpha value is -1.92. The van der Waals surface area contributed by atoms with E-state index < -0.39 is 29.5 Å². The quantitative estimate of drug-likeness (QED) is 0.442. The molecule has 0 aromatic carbocycles. The van der Waals surface area contributed by atoms with Crippen molar-refractivity contribution < 1.29 is 27.1 Å². The second-order valence-corrected chi connectivity index (χ2v) is 5.78. The van der Waals surface area contributed by atoms with E-state index in [1.54, 1.807) is 13.8 Å². The van der Waals surface area contributed by atoms with Gasteiger partial charge in [0.1, 0.15) is 12.0 Å². The van der Waals surface area contributed by atoms with Gasteiger partial charge in [0.2, 0.25) is 11.8 Å². The molecule has 7 heteroatoms. The first-order valence-electron chi connectivity index (χ1n) is 6.54. The molecule has 1 heterocycles. The van der Waals surface area contributed by atoms with Gasteiger partial charge in [0.05, 0.1) is 5.57 Å². The van der Waals surface area contributed by atoms with Crippen molar-refractivity contribution in [1.82, 2.24) is 4.98 Å². The van der Waals surface area contributed by atoms with Crippen molar-refractivity contribution in [3.05, 3.63) is 36.0 Å². The molecule has 1 aromatic rings. The topological polar surface area (TPSA) is 39.2 Å². The number of alkyl halides is 3. The number of Topliss-reactive ketones (excluding diaryl/α,β-unsaturated/α-hetero) is 1. The fraction of sp³-hybridized carbons (Fsp3) is 0.467. The van der Waals surface area contributed by atoms with Gasteiger partial charge in [0.25, 0.3) is 0 Å². The normalized spacial score (nSPS) is 13.1. The number of carbonyl (C=O) groups is 1. The minimum absolute atomic E-state index is 0.0125. The third-order valence-electron chi connectivity index (χ3n) is 2.77. The Kier molecular flexibility index (Phi) is 5.68. The van der Waals surface area contributed by atoms with E-state index in [0.29, 0.717) is 6.26 Å². The van der Waals surface area contributed by atoms with E-state index in [1.807, 2.05) is 0 Å². The van der Waals surface area contributed by atoms with E-state index in [4.69, 9.17) is 4.74 Å². The molecule has 122 valence electrons. The molecule has 3 nitrogen and oxygen atoms in total. The van der Waals surface area contributed by atoms with Gasteiger partial charge >= 0.3 is 6.18 Å². The largest absolute Gasteiger partial charge is 0.446 e. The molecular weight excluding hydrogens is 302 g/mol. The number of hydrogen-bond donors (Lipinski definition) is 0. The van der Waals surface area contributed by atoms with Crippen molar-refractivity contribution in [2.24, 2.45) is 5.41 Å². The van der Waals surface area contributed by atoms with Crippen LogP contribution in [0, 0.1) is 11.4 Å². The van der Waals surface area contributed by atoms with Crippen LogP contribution in [-0.4, -0.2) is 16.9 Å². The van der Waals surface area contributed by atoms with Crippen LogP contribution in [0.1, 0.15) is 33.6 Å². The van der Waals surface area contributed by atoms with E-state index in [-0.39, 0.29) is 18.1 Å². The molecule has 0 fully saturated rings. The number of halogens is 4. The summed E-state index contributed by atoms with van der Waals surface area (Å²) in [5, 5.41) is 0. The number of ketones is 1. The lowest BCUT2D eigenvalue weighted by Gasteiger charge is -2.25. The molecule has 1 aromatic heterocycles. The summed E-state index contributed by atoms with van der Waals surface area (Å²) in [4.78, 5) is 14.4. The monoisotopic (exact) mass is 319 g/mol. The molecule has 0 aliphatic heterocycles. The van der Waals surface area contributed by atoms with Gasteiger partial charge in [-0.1, -0.05) is 19.9 Å². The molecule has 0 spiro atoms. The minimum atomic E-state index is -4.61. The number of nitrogens with zero attached hydrogens (tertiary/aromatic N) is 1. The molecule has 22 heavy (non-hydrogen) atoms. The van der Waals surface area contributed by atoms with E-state index in [2.05, 4.69) is 4.98 Å². The first-order chi connectivity index (χ1) is 9.99. The standard InChI is InChI=1S/C15H17F4NO2/c1-10(21)7-14(2,3)8-11(15(17,18)19)9-22-13-6-4-5-12(16)20-13/h4-6,9H,7-8H2,1-3H3. The van der Waals surface area contributed by atoms with Crippen LogP contribution in [0.25, 0.3) is 0 Å².